The van der Waals surface area contributed by atoms with Crippen LogP contribution in [0.15, 0.2) is 53.4 Å². The van der Waals surface area contributed by atoms with Crippen LogP contribution >= 0.6 is 11.6 Å². The van der Waals surface area contributed by atoms with Crippen LogP contribution in [0, 0.1) is 0 Å². The molecule has 6 nitrogen and oxygen atoms in total. The fraction of sp³-hybridized carbons (Fsp3) is 0.435. The Morgan fingerprint density at radius 1 is 0.968 bits per heavy atom. The van der Waals surface area contributed by atoms with Gasteiger partial charge in [0.1, 0.15) is 0 Å². The number of carbonyl (C=O) groups excluding carboxylic acids is 1. The summed E-state index contributed by atoms with van der Waals surface area (Å²) in [6.07, 6.45) is 1.00. The molecular weight excluding hydrogens is 434 g/mol. The number of benzene rings is 2. The van der Waals surface area contributed by atoms with Crippen molar-refractivity contribution in [3.05, 3.63) is 59.1 Å². The molecule has 0 radical (unpaired) electrons. The van der Waals surface area contributed by atoms with Crippen molar-refractivity contribution < 1.29 is 13.2 Å². The van der Waals surface area contributed by atoms with Gasteiger partial charge in [-0.15, -0.1) is 0 Å². The first-order chi connectivity index (χ1) is 14.9. The first-order valence-electron chi connectivity index (χ1n) is 10.7. The van der Waals surface area contributed by atoms with Gasteiger partial charge in [0.15, 0.2) is 0 Å². The molecule has 1 fully saturated rings. The van der Waals surface area contributed by atoms with Crippen LogP contribution in [0.2, 0.25) is 5.02 Å². The van der Waals surface area contributed by atoms with Crippen molar-refractivity contribution >= 4 is 33.2 Å². The Kier molecular flexibility index (Phi) is 7.97. The molecule has 0 unspecified atom stereocenters. The lowest BCUT2D eigenvalue weighted by atomic mass is 10.1. The smallest absolute Gasteiger partial charge is 0.243 e. The lowest BCUT2D eigenvalue weighted by molar-refractivity contribution is -0.131. The topological polar surface area (TPSA) is 60.9 Å². The molecule has 0 saturated carbocycles. The summed E-state index contributed by atoms with van der Waals surface area (Å²) in [4.78, 5) is 17.1. The van der Waals surface area contributed by atoms with Crippen LogP contribution in [0.1, 0.15) is 25.8 Å². The predicted molar refractivity (Wildman–Crippen MR) is 125 cm³/mol. The second-order valence-electron chi connectivity index (χ2n) is 7.55. The highest BCUT2D eigenvalue weighted by Crippen LogP contribution is 2.26. The Morgan fingerprint density at radius 3 is 2.16 bits per heavy atom. The number of nitrogens with zero attached hydrogens (tertiary/aromatic N) is 3. The lowest BCUT2D eigenvalue weighted by Crippen LogP contribution is -2.48. The number of carbonyl (C=O) groups is 1. The highest BCUT2D eigenvalue weighted by molar-refractivity contribution is 7.89. The minimum absolute atomic E-state index is 0.124. The SMILES string of the molecule is CCN(CC)S(=O)(=O)c1ccc(CCC(=O)N2CCN(c3ccccc3Cl)CC2)cc1. The molecule has 31 heavy (non-hydrogen) atoms. The Balaban J connectivity index is 1.52. The van der Waals surface area contributed by atoms with Crippen LogP contribution in [0.3, 0.4) is 0 Å². The quantitative estimate of drug-likeness (QED) is 0.599. The molecule has 1 aliphatic rings. The summed E-state index contributed by atoms with van der Waals surface area (Å²) in [5, 5.41) is 0.730. The summed E-state index contributed by atoms with van der Waals surface area (Å²) in [6.45, 7) is 7.40. The first kappa shape index (κ1) is 23.6. The van der Waals surface area contributed by atoms with E-state index in [0.29, 0.717) is 43.9 Å². The zero-order valence-corrected chi connectivity index (χ0v) is 19.7. The number of halogens is 1. The van der Waals surface area contributed by atoms with E-state index in [9.17, 15) is 13.2 Å². The molecule has 0 bridgehead atoms. The number of hydrogen-bond donors (Lipinski definition) is 0. The molecule has 2 aromatic rings. The van der Waals surface area contributed by atoms with Gasteiger partial charge in [-0.05, 0) is 36.2 Å². The van der Waals surface area contributed by atoms with Gasteiger partial charge in [-0.1, -0.05) is 49.7 Å². The van der Waals surface area contributed by atoms with Crippen LogP contribution in [0.25, 0.3) is 0 Å². The zero-order valence-electron chi connectivity index (χ0n) is 18.1. The van der Waals surface area contributed by atoms with E-state index < -0.39 is 10.0 Å². The van der Waals surface area contributed by atoms with E-state index in [0.717, 1.165) is 29.4 Å². The minimum atomic E-state index is -3.45. The summed E-state index contributed by atoms with van der Waals surface area (Å²) in [5.41, 5.74) is 1.97. The van der Waals surface area contributed by atoms with Gasteiger partial charge in [0.05, 0.1) is 15.6 Å². The van der Waals surface area contributed by atoms with Gasteiger partial charge in [0.25, 0.3) is 0 Å². The first-order valence-corrected chi connectivity index (χ1v) is 12.5. The highest BCUT2D eigenvalue weighted by atomic mass is 35.5. The van der Waals surface area contributed by atoms with Crippen LogP contribution in [0.5, 0.6) is 0 Å². The van der Waals surface area contributed by atoms with Gasteiger partial charge >= 0.3 is 0 Å². The molecule has 0 spiro atoms. The van der Waals surface area contributed by atoms with Gasteiger partial charge in [-0.2, -0.15) is 4.31 Å². The largest absolute Gasteiger partial charge is 0.367 e. The molecular formula is C23H30ClN3O3S. The fourth-order valence-corrected chi connectivity index (χ4v) is 5.57. The number of amides is 1. The molecule has 1 amide bonds. The molecule has 0 atom stereocenters. The van der Waals surface area contributed by atoms with E-state index >= 15 is 0 Å². The van der Waals surface area contributed by atoms with Crippen molar-refractivity contribution in [2.45, 2.75) is 31.6 Å². The summed E-state index contributed by atoms with van der Waals surface area (Å²) in [7, 11) is -3.45. The molecule has 2 aromatic carbocycles. The Morgan fingerprint density at radius 2 is 1.58 bits per heavy atom. The molecule has 0 aromatic heterocycles. The molecule has 1 heterocycles. The van der Waals surface area contributed by atoms with Crippen LogP contribution in [0.4, 0.5) is 5.69 Å². The van der Waals surface area contributed by atoms with Gasteiger partial charge in [-0.25, -0.2) is 8.42 Å². The lowest BCUT2D eigenvalue weighted by Gasteiger charge is -2.36. The molecule has 0 aliphatic carbocycles. The van der Waals surface area contributed by atoms with Crippen molar-refractivity contribution in [1.29, 1.82) is 0 Å². The molecule has 3 rings (SSSR count). The monoisotopic (exact) mass is 463 g/mol. The van der Waals surface area contributed by atoms with E-state index in [1.165, 1.54) is 4.31 Å². The zero-order chi connectivity index (χ0) is 22.4. The maximum atomic E-state index is 12.7. The Bertz CT molecular complexity index is 983. The summed E-state index contributed by atoms with van der Waals surface area (Å²) >= 11 is 6.28. The fourth-order valence-electron chi connectivity index (χ4n) is 3.86. The third-order valence-electron chi connectivity index (χ3n) is 5.72. The van der Waals surface area contributed by atoms with Crippen molar-refractivity contribution in [2.75, 3.05) is 44.2 Å². The van der Waals surface area contributed by atoms with E-state index in [4.69, 9.17) is 11.6 Å². The highest BCUT2D eigenvalue weighted by Gasteiger charge is 2.23. The van der Waals surface area contributed by atoms with Crippen molar-refractivity contribution in [3.8, 4) is 0 Å². The average molecular weight is 464 g/mol. The second kappa shape index (κ2) is 10.5. The van der Waals surface area contributed by atoms with E-state index in [1.54, 1.807) is 24.3 Å². The third-order valence-corrected chi connectivity index (χ3v) is 8.10. The second-order valence-corrected chi connectivity index (χ2v) is 9.90. The van der Waals surface area contributed by atoms with E-state index in [-0.39, 0.29) is 5.91 Å². The number of aryl methyl sites for hydroxylation is 1. The third kappa shape index (κ3) is 5.59. The van der Waals surface area contributed by atoms with Gasteiger partial charge in [0.2, 0.25) is 15.9 Å². The summed E-state index contributed by atoms with van der Waals surface area (Å²) < 4.78 is 26.6. The Labute approximate surface area is 190 Å². The number of hydrogen-bond acceptors (Lipinski definition) is 4. The number of anilines is 1. The number of rotatable bonds is 8. The van der Waals surface area contributed by atoms with Crippen LogP contribution in [-0.2, 0) is 21.2 Å². The van der Waals surface area contributed by atoms with E-state index in [2.05, 4.69) is 4.90 Å². The van der Waals surface area contributed by atoms with Gasteiger partial charge in [0, 0.05) is 45.7 Å². The average Bonchev–Trinajstić information content (AvgIpc) is 2.79. The number of piperazine rings is 1. The predicted octanol–water partition coefficient (Wildman–Crippen LogP) is 3.65. The standard InChI is InChI=1S/C23H30ClN3O3S/c1-3-27(4-2)31(29,30)20-12-9-19(10-13-20)11-14-23(28)26-17-15-25(16-18-26)22-8-6-5-7-21(22)24/h5-10,12-13H,3-4,11,14-18H2,1-2H3. The molecule has 0 N–H and O–H groups in total. The molecule has 1 aliphatic heterocycles. The van der Waals surface area contributed by atoms with Crippen LogP contribution in [-0.4, -0.2) is 62.8 Å². The maximum absolute atomic E-state index is 12.7. The van der Waals surface area contributed by atoms with E-state index in [1.807, 2.05) is 43.0 Å². The number of sulfonamides is 1. The molecule has 1 saturated heterocycles. The Hall–Kier alpha value is -2.09. The van der Waals surface area contributed by atoms with Crippen LogP contribution < -0.4 is 4.90 Å². The maximum Gasteiger partial charge on any atom is 0.243 e. The molecule has 8 heteroatoms. The van der Waals surface area contributed by atoms with Gasteiger partial charge < -0.3 is 9.80 Å². The van der Waals surface area contributed by atoms with Crippen molar-refractivity contribution in [1.82, 2.24) is 9.21 Å². The molecule has 168 valence electrons. The summed E-state index contributed by atoms with van der Waals surface area (Å²) in [6, 6.07) is 14.6. The van der Waals surface area contributed by atoms with Crippen molar-refractivity contribution in [2.24, 2.45) is 0 Å². The number of para-hydroxylation sites is 1. The van der Waals surface area contributed by atoms with Gasteiger partial charge in [-0.3, -0.25) is 4.79 Å². The normalized spacial score (nSPS) is 14.8. The summed E-state index contributed by atoms with van der Waals surface area (Å²) in [5.74, 6) is 0.124. The minimum Gasteiger partial charge on any atom is -0.367 e. The van der Waals surface area contributed by atoms with Crippen molar-refractivity contribution in [3.63, 3.8) is 0 Å².